The summed E-state index contributed by atoms with van der Waals surface area (Å²) in [7, 11) is 1.33. The Kier molecular flexibility index (Phi) is 6.05. The summed E-state index contributed by atoms with van der Waals surface area (Å²) < 4.78 is 31.7. The molecule has 1 atom stereocenters. The van der Waals surface area contributed by atoms with Crippen molar-refractivity contribution >= 4 is 18.0 Å². The van der Waals surface area contributed by atoms with Crippen LogP contribution in [-0.2, 0) is 14.3 Å². The maximum atomic E-state index is 13.2. The second-order valence-corrected chi connectivity index (χ2v) is 8.49. The van der Waals surface area contributed by atoms with Crippen molar-refractivity contribution in [1.29, 1.82) is 0 Å². The Balaban J connectivity index is 1.41. The summed E-state index contributed by atoms with van der Waals surface area (Å²) in [6.07, 6.45) is -2.60. The zero-order chi connectivity index (χ0) is 23.8. The molecule has 7 nitrogen and oxygen atoms in total. The van der Waals surface area contributed by atoms with Gasteiger partial charge in [-0.25, -0.2) is 13.6 Å². The predicted octanol–water partition coefficient (Wildman–Crippen LogP) is 3.62. The van der Waals surface area contributed by atoms with E-state index in [0.717, 1.165) is 27.2 Å². The molecule has 0 aromatic heterocycles. The van der Waals surface area contributed by atoms with Gasteiger partial charge in [-0.15, -0.1) is 0 Å². The predicted molar refractivity (Wildman–Crippen MR) is 115 cm³/mol. The van der Waals surface area contributed by atoms with E-state index in [2.05, 4.69) is 5.32 Å². The second-order valence-electron chi connectivity index (χ2n) is 8.49. The molecule has 9 heteroatoms. The lowest BCUT2D eigenvalue weighted by atomic mass is 9.86. The third-order valence-corrected chi connectivity index (χ3v) is 6.28. The van der Waals surface area contributed by atoms with Crippen molar-refractivity contribution in [2.24, 2.45) is 0 Å². The number of fused-ring (bicyclic) bond motifs is 3. The molecule has 1 fully saturated rings. The monoisotopic (exact) mass is 458 g/mol. The lowest BCUT2D eigenvalue weighted by Crippen LogP contribution is -2.56. The first kappa shape index (κ1) is 22.7. The van der Waals surface area contributed by atoms with Gasteiger partial charge < -0.3 is 20.1 Å². The molecule has 0 aliphatic heterocycles. The van der Waals surface area contributed by atoms with Gasteiger partial charge in [0.2, 0.25) is 5.91 Å². The number of benzene rings is 2. The number of hydrogen-bond acceptors (Lipinski definition) is 4. The highest BCUT2D eigenvalue weighted by Gasteiger charge is 2.49. The molecule has 0 radical (unpaired) electrons. The Morgan fingerprint density at radius 3 is 2.15 bits per heavy atom. The smallest absolute Gasteiger partial charge is 0.407 e. The van der Waals surface area contributed by atoms with E-state index in [1.54, 1.807) is 0 Å². The Hall–Kier alpha value is -3.49. The van der Waals surface area contributed by atoms with E-state index >= 15 is 0 Å². The van der Waals surface area contributed by atoms with Crippen LogP contribution in [0.25, 0.3) is 11.1 Å². The first-order chi connectivity index (χ1) is 15.7. The number of halogens is 2. The van der Waals surface area contributed by atoms with Crippen molar-refractivity contribution in [3.63, 3.8) is 0 Å². The fraction of sp³-hybridized carbons (Fsp3) is 0.375. The maximum Gasteiger partial charge on any atom is 0.407 e. The van der Waals surface area contributed by atoms with Crippen molar-refractivity contribution in [1.82, 2.24) is 10.2 Å². The summed E-state index contributed by atoms with van der Waals surface area (Å²) in [5, 5.41) is 11.5. The molecular formula is C24H24F2N2O5. The fourth-order valence-electron chi connectivity index (χ4n) is 4.49. The van der Waals surface area contributed by atoms with Gasteiger partial charge in [-0.3, -0.25) is 9.59 Å². The third-order valence-electron chi connectivity index (χ3n) is 6.28. The summed E-state index contributed by atoms with van der Waals surface area (Å²) in [5.74, 6) is -5.08. The molecule has 0 saturated heterocycles. The molecule has 4 rings (SSSR count). The average molecular weight is 458 g/mol. The number of ether oxygens (including phenoxy) is 1. The van der Waals surface area contributed by atoms with Crippen LogP contribution in [0.3, 0.4) is 0 Å². The number of carbonyl (C=O) groups excluding carboxylic acids is 2. The molecule has 2 N–H and O–H groups in total. The summed E-state index contributed by atoms with van der Waals surface area (Å²) >= 11 is 0. The molecule has 2 aromatic rings. The minimum absolute atomic E-state index is 0.00146. The van der Waals surface area contributed by atoms with E-state index in [1.165, 1.54) is 7.05 Å². The SMILES string of the molecule is CN(C(=O)C(CC(=O)O)NC(=O)OCC1c2ccccc2-c2ccccc21)C1CC(F)(F)C1. The van der Waals surface area contributed by atoms with Crippen molar-refractivity contribution in [2.45, 2.75) is 43.2 Å². The number of likely N-dealkylation sites (N-methyl/N-ethyl adjacent to an activating group) is 1. The molecule has 2 amide bonds. The van der Waals surface area contributed by atoms with Crippen LogP contribution in [-0.4, -0.2) is 59.6 Å². The largest absolute Gasteiger partial charge is 0.481 e. The van der Waals surface area contributed by atoms with E-state index in [1.807, 2.05) is 48.5 Å². The van der Waals surface area contributed by atoms with Crippen LogP contribution in [0.4, 0.5) is 13.6 Å². The van der Waals surface area contributed by atoms with E-state index < -0.39 is 55.2 Å². The molecule has 2 aromatic carbocycles. The molecule has 0 spiro atoms. The number of alkyl carbamates (subject to hydrolysis) is 1. The molecular weight excluding hydrogens is 434 g/mol. The fourth-order valence-corrected chi connectivity index (χ4v) is 4.49. The highest BCUT2D eigenvalue weighted by Crippen LogP contribution is 2.44. The number of nitrogens with one attached hydrogen (secondary N) is 1. The minimum atomic E-state index is -2.83. The third kappa shape index (κ3) is 4.67. The molecule has 2 aliphatic rings. The number of hydrogen-bond donors (Lipinski definition) is 2. The Labute approximate surface area is 189 Å². The molecule has 174 valence electrons. The molecule has 1 unspecified atom stereocenters. The second kappa shape index (κ2) is 8.80. The van der Waals surface area contributed by atoms with Crippen LogP contribution in [0.1, 0.15) is 36.3 Å². The number of rotatable bonds is 7. The van der Waals surface area contributed by atoms with Gasteiger partial charge >= 0.3 is 12.1 Å². The first-order valence-corrected chi connectivity index (χ1v) is 10.6. The van der Waals surface area contributed by atoms with Crippen LogP contribution < -0.4 is 5.32 Å². The van der Waals surface area contributed by atoms with Gasteiger partial charge in [0, 0.05) is 31.8 Å². The molecule has 0 heterocycles. The Morgan fingerprint density at radius 1 is 1.09 bits per heavy atom. The number of nitrogens with zero attached hydrogens (tertiary/aromatic N) is 1. The van der Waals surface area contributed by atoms with Crippen molar-refractivity contribution in [2.75, 3.05) is 13.7 Å². The number of alkyl halides is 2. The standard InChI is InChI=1S/C24H24F2N2O5/c1-28(14-11-24(25,26)12-14)22(31)20(10-21(29)30)27-23(32)33-13-19-17-8-4-2-6-15(17)16-7-3-5-9-18(16)19/h2-9,14,19-20H,10-13H2,1H3,(H,27,32)(H,29,30). The Bertz CT molecular complexity index is 1040. The zero-order valence-electron chi connectivity index (χ0n) is 18.0. The van der Waals surface area contributed by atoms with Gasteiger partial charge in [0.1, 0.15) is 12.6 Å². The van der Waals surface area contributed by atoms with E-state index in [4.69, 9.17) is 9.84 Å². The van der Waals surface area contributed by atoms with E-state index in [9.17, 15) is 23.2 Å². The van der Waals surface area contributed by atoms with Gasteiger partial charge in [0.25, 0.3) is 5.92 Å². The topological polar surface area (TPSA) is 95.9 Å². The summed E-state index contributed by atoms with van der Waals surface area (Å²) in [4.78, 5) is 37.5. The van der Waals surface area contributed by atoms with E-state index in [-0.39, 0.29) is 12.5 Å². The van der Waals surface area contributed by atoms with Crippen LogP contribution >= 0.6 is 0 Å². The van der Waals surface area contributed by atoms with Gasteiger partial charge in [-0.05, 0) is 22.3 Å². The quantitative estimate of drug-likeness (QED) is 0.661. The average Bonchev–Trinajstić information content (AvgIpc) is 3.08. The van der Waals surface area contributed by atoms with Gasteiger partial charge in [0.15, 0.2) is 0 Å². The maximum absolute atomic E-state index is 13.2. The van der Waals surface area contributed by atoms with Crippen molar-refractivity contribution < 1.29 is 33.0 Å². The summed E-state index contributed by atoms with van der Waals surface area (Å²) in [6, 6.07) is 13.5. The van der Waals surface area contributed by atoms with Gasteiger partial charge in [-0.2, -0.15) is 0 Å². The highest BCUT2D eigenvalue weighted by atomic mass is 19.3. The lowest BCUT2D eigenvalue weighted by molar-refractivity contribution is -0.154. The number of aliphatic carboxylic acids is 1. The van der Waals surface area contributed by atoms with Crippen LogP contribution in [0, 0.1) is 0 Å². The highest BCUT2D eigenvalue weighted by molar-refractivity contribution is 5.89. The molecule has 0 bridgehead atoms. The first-order valence-electron chi connectivity index (χ1n) is 10.6. The number of amides is 2. The Morgan fingerprint density at radius 2 is 1.64 bits per heavy atom. The number of carboxylic acids is 1. The normalized spacial score (nSPS) is 17.3. The summed E-state index contributed by atoms with van der Waals surface area (Å²) in [6.45, 7) is -0.00146. The van der Waals surface area contributed by atoms with Gasteiger partial charge in [0.05, 0.1) is 6.42 Å². The molecule has 33 heavy (non-hydrogen) atoms. The number of carbonyl (C=O) groups is 3. The minimum Gasteiger partial charge on any atom is -0.481 e. The van der Waals surface area contributed by atoms with Crippen molar-refractivity contribution in [3.05, 3.63) is 59.7 Å². The lowest BCUT2D eigenvalue weighted by Gasteiger charge is -2.41. The van der Waals surface area contributed by atoms with Crippen molar-refractivity contribution in [3.8, 4) is 11.1 Å². The van der Waals surface area contributed by atoms with Crippen LogP contribution in [0.5, 0.6) is 0 Å². The summed E-state index contributed by atoms with van der Waals surface area (Å²) in [5.41, 5.74) is 4.13. The number of carboxylic acid groups (broad SMARTS) is 1. The van der Waals surface area contributed by atoms with Crippen LogP contribution in [0.2, 0.25) is 0 Å². The van der Waals surface area contributed by atoms with Gasteiger partial charge in [-0.1, -0.05) is 48.5 Å². The zero-order valence-corrected chi connectivity index (χ0v) is 18.0. The molecule has 2 aliphatic carbocycles. The van der Waals surface area contributed by atoms with Crippen LogP contribution in [0.15, 0.2) is 48.5 Å². The van der Waals surface area contributed by atoms with E-state index in [0.29, 0.717) is 0 Å². The molecule has 1 saturated carbocycles.